The molecule has 0 saturated carbocycles. The normalized spacial score (nSPS) is 20.1. The van der Waals surface area contributed by atoms with Crippen LogP contribution in [0, 0.1) is 0 Å². The van der Waals surface area contributed by atoms with E-state index >= 15 is 0 Å². The number of carbonyl (C=O) groups is 1. The molecule has 4 heterocycles. The van der Waals surface area contributed by atoms with Crippen LogP contribution in [0.15, 0.2) is 36.7 Å². The fraction of sp³-hybridized carbons (Fsp3) is 0.400. The number of rotatable bonds is 3. The monoisotopic (exact) mass is 432 g/mol. The summed E-state index contributed by atoms with van der Waals surface area (Å²) in [5.74, 6) is 3.84. The van der Waals surface area contributed by atoms with Gasteiger partial charge in [0.25, 0.3) is 0 Å². The largest absolute Gasteiger partial charge is 0.492 e. The predicted octanol–water partition coefficient (Wildman–Crippen LogP) is 4.67. The van der Waals surface area contributed by atoms with E-state index in [2.05, 4.69) is 48.0 Å². The molecule has 0 spiro atoms. The van der Waals surface area contributed by atoms with Crippen molar-refractivity contribution in [2.75, 3.05) is 11.9 Å². The van der Waals surface area contributed by atoms with Gasteiger partial charge in [0.2, 0.25) is 5.91 Å². The zero-order valence-electron chi connectivity index (χ0n) is 18.9. The molecule has 0 bridgehead atoms. The van der Waals surface area contributed by atoms with Crippen LogP contribution in [0.5, 0.6) is 17.2 Å². The second-order valence-electron chi connectivity index (χ2n) is 9.98. The topological polar surface area (TPSA) is 89.1 Å². The Morgan fingerprint density at radius 3 is 2.78 bits per heavy atom. The first-order chi connectivity index (χ1) is 15.2. The molecule has 7 nitrogen and oxygen atoms in total. The van der Waals surface area contributed by atoms with Crippen LogP contribution in [0.1, 0.15) is 56.8 Å². The summed E-state index contributed by atoms with van der Waals surface area (Å²) >= 11 is 0. The summed E-state index contributed by atoms with van der Waals surface area (Å²) in [7, 11) is 0. The van der Waals surface area contributed by atoms with Gasteiger partial charge in [-0.3, -0.25) is 4.79 Å². The van der Waals surface area contributed by atoms with Crippen molar-refractivity contribution in [1.29, 1.82) is 0 Å². The third-order valence-corrected chi connectivity index (χ3v) is 6.21. The van der Waals surface area contributed by atoms with E-state index in [0.29, 0.717) is 25.3 Å². The van der Waals surface area contributed by atoms with E-state index in [0.717, 1.165) is 46.3 Å². The van der Waals surface area contributed by atoms with Gasteiger partial charge in [-0.05, 0) is 49.6 Å². The average molecular weight is 433 g/mol. The number of benzene rings is 1. The molecule has 1 amide bonds. The van der Waals surface area contributed by atoms with E-state index in [1.807, 2.05) is 30.5 Å². The lowest BCUT2D eigenvalue weighted by atomic mass is 9.81. The number of fused-ring (bicyclic) bond motifs is 2. The van der Waals surface area contributed by atoms with Crippen LogP contribution in [0.2, 0.25) is 0 Å². The molecule has 0 fully saturated rings. The van der Waals surface area contributed by atoms with Crippen LogP contribution < -0.4 is 14.8 Å². The molecule has 0 saturated heterocycles. The standard InChI is InChI=1S/C25H28N4O3/c1-24(2,3)20-13-27-23(28-20)25(4)12-15-11-16(5-7-18(15)31-14-25)32-19-9-10-26-22-17(19)6-8-21(30)29-22/h5,7,9-11,13H,6,8,12,14H2,1-4H3,(H,27,28)(H,26,29,30)/t25-/m1/s1. The van der Waals surface area contributed by atoms with E-state index in [9.17, 15) is 4.79 Å². The number of ether oxygens (including phenoxy) is 2. The average Bonchev–Trinajstić information content (AvgIpc) is 3.25. The maximum absolute atomic E-state index is 11.7. The van der Waals surface area contributed by atoms with Gasteiger partial charge in [0.15, 0.2) is 0 Å². The fourth-order valence-corrected chi connectivity index (χ4v) is 4.25. The van der Waals surface area contributed by atoms with Gasteiger partial charge in [-0.1, -0.05) is 20.8 Å². The molecular weight excluding hydrogens is 404 g/mol. The lowest BCUT2D eigenvalue weighted by Gasteiger charge is -2.33. The third-order valence-electron chi connectivity index (χ3n) is 6.21. The molecule has 32 heavy (non-hydrogen) atoms. The predicted molar refractivity (Wildman–Crippen MR) is 122 cm³/mol. The first kappa shape index (κ1) is 20.5. The smallest absolute Gasteiger partial charge is 0.225 e. The number of pyridine rings is 1. The second-order valence-corrected chi connectivity index (χ2v) is 9.98. The highest BCUT2D eigenvalue weighted by Gasteiger charge is 2.36. The van der Waals surface area contributed by atoms with Crippen LogP contribution in [0.3, 0.4) is 0 Å². The summed E-state index contributed by atoms with van der Waals surface area (Å²) in [6.07, 6.45) is 5.43. The summed E-state index contributed by atoms with van der Waals surface area (Å²) in [5, 5.41) is 2.82. The number of H-pyrrole nitrogens is 1. The number of hydrogen-bond acceptors (Lipinski definition) is 5. The molecule has 166 valence electrons. The highest BCUT2D eigenvalue weighted by atomic mass is 16.5. The number of nitrogens with one attached hydrogen (secondary N) is 2. The lowest BCUT2D eigenvalue weighted by Crippen LogP contribution is -2.37. The van der Waals surface area contributed by atoms with Crippen molar-refractivity contribution < 1.29 is 14.3 Å². The van der Waals surface area contributed by atoms with Gasteiger partial charge < -0.3 is 19.8 Å². The van der Waals surface area contributed by atoms with Crippen LogP contribution in [0.25, 0.3) is 0 Å². The Balaban J connectivity index is 1.41. The molecule has 5 rings (SSSR count). The first-order valence-electron chi connectivity index (χ1n) is 11.0. The Kier molecular flexibility index (Phi) is 4.73. The van der Waals surface area contributed by atoms with Gasteiger partial charge in [-0.2, -0.15) is 0 Å². The van der Waals surface area contributed by atoms with Crippen LogP contribution in [0.4, 0.5) is 5.82 Å². The molecule has 7 heteroatoms. The number of aromatic nitrogens is 3. The lowest BCUT2D eigenvalue weighted by molar-refractivity contribution is -0.116. The van der Waals surface area contributed by atoms with Gasteiger partial charge in [0.1, 0.15) is 35.5 Å². The van der Waals surface area contributed by atoms with Crippen molar-refractivity contribution in [2.24, 2.45) is 0 Å². The minimum Gasteiger partial charge on any atom is -0.492 e. The highest BCUT2D eigenvalue weighted by Crippen LogP contribution is 2.40. The van der Waals surface area contributed by atoms with E-state index in [-0.39, 0.29) is 16.7 Å². The molecule has 1 aromatic carbocycles. The van der Waals surface area contributed by atoms with E-state index in [1.54, 1.807) is 6.20 Å². The first-order valence-corrected chi connectivity index (χ1v) is 11.0. The number of aromatic amines is 1. The Morgan fingerprint density at radius 2 is 2.00 bits per heavy atom. The summed E-state index contributed by atoms with van der Waals surface area (Å²) < 4.78 is 12.4. The van der Waals surface area contributed by atoms with E-state index < -0.39 is 0 Å². The van der Waals surface area contributed by atoms with Crippen LogP contribution in [-0.4, -0.2) is 27.5 Å². The number of carbonyl (C=O) groups excluding carboxylic acids is 1. The summed E-state index contributed by atoms with van der Waals surface area (Å²) in [6, 6.07) is 7.75. The van der Waals surface area contributed by atoms with Gasteiger partial charge in [0, 0.05) is 35.5 Å². The zero-order chi connectivity index (χ0) is 22.5. The molecular formula is C25H28N4O3. The van der Waals surface area contributed by atoms with E-state index in [1.165, 1.54) is 0 Å². The maximum Gasteiger partial charge on any atom is 0.225 e. The van der Waals surface area contributed by atoms with Gasteiger partial charge >= 0.3 is 0 Å². The second kappa shape index (κ2) is 7.36. The Hall–Kier alpha value is -3.35. The molecule has 2 N–H and O–H groups in total. The summed E-state index contributed by atoms with van der Waals surface area (Å²) in [4.78, 5) is 24.2. The summed E-state index contributed by atoms with van der Waals surface area (Å²) in [5.41, 5.74) is 2.89. The molecule has 0 radical (unpaired) electrons. The Labute approximate surface area is 187 Å². The van der Waals surface area contributed by atoms with Crippen molar-refractivity contribution in [1.82, 2.24) is 15.0 Å². The number of anilines is 1. The number of hydrogen-bond donors (Lipinski definition) is 2. The highest BCUT2D eigenvalue weighted by molar-refractivity contribution is 5.93. The van der Waals surface area contributed by atoms with Crippen molar-refractivity contribution in [3.8, 4) is 17.2 Å². The van der Waals surface area contributed by atoms with Crippen molar-refractivity contribution in [3.05, 3.63) is 59.3 Å². The molecule has 1 atom stereocenters. The van der Waals surface area contributed by atoms with Crippen molar-refractivity contribution in [2.45, 2.75) is 57.8 Å². The summed E-state index contributed by atoms with van der Waals surface area (Å²) in [6.45, 7) is 9.26. The zero-order valence-corrected chi connectivity index (χ0v) is 18.9. The minimum atomic E-state index is -0.255. The quantitative estimate of drug-likeness (QED) is 0.628. The Morgan fingerprint density at radius 1 is 1.16 bits per heavy atom. The number of nitrogens with zero attached hydrogens (tertiary/aromatic N) is 2. The molecule has 3 aromatic rings. The molecule has 2 aromatic heterocycles. The maximum atomic E-state index is 11.7. The molecule has 2 aliphatic heterocycles. The fourth-order valence-electron chi connectivity index (χ4n) is 4.25. The Bertz CT molecular complexity index is 1190. The van der Waals surface area contributed by atoms with Crippen LogP contribution in [-0.2, 0) is 28.5 Å². The SMILES string of the molecule is CC(C)(C)c1cnc([C@@]2(C)COc3ccc(Oc4ccnc5c4CCC(=O)N5)cc3C2)[nH]1. The van der Waals surface area contributed by atoms with Crippen molar-refractivity contribution in [3.63, 3.8) is 0 Å². The third kappa shape index (κ3) is 3.72. The number of amides is 1. The van der Waals surface area contributed by atoms with Crippen molar-refractivity contribution >= 4 is 11.7 Å². The minimum absolute atomic E-state index is 0.0131. The van der Waals surface area contributed by atoms with Crippen LogP contribution >= 0.6 is 0 Å². The number of imidazole rings is 1. The van der Waals surface area contributed by atoms with Gasteiger partial charge in [0.05, 0.1) is 5.41 Å². The molecule has 0 aliphatic carbocycles. The molecule has 0 unspecified atom stereocenters. The molecule has 2 aliphatic rings. The van der Waals surface area contributed by atoms with E-state index in [4.69, 9.17) is 9.47 Å². The van der Waals surface area contributed by atoms with Gasteiger partial charge in [-0.15, -0.1) is 0 Å². The van der Waals surface area contributed by atoms with Gasteiger partial charge in [-0.25, -0.2) is 9.97 Å².